The molecule has 0 saturated carbocycles. The fourth-order valence-corrected chi connectivity index (χ4v) is 5.36. The summed E-state index contributed by atoms with van der Waals surface area (Å²) in [6, 6.07) is 12.5. The second-order valence-corrected chi connectivity index (χ2v) is 9.26. The molecule has 1 amide bonds. The van der Waals surface area contributed by atoms with Crippen molar-refractivity contribution in [1.29, 1.82) is 0 Å². The second kappa shape index (κ2) is 8.23. The lowest BCUT2D eigenvalue weighted by atomic mass is 9.98. The van der Waals surface area contributed by atoms with Crippen LogP contribution in [0, 0.1) is 0 Å². The molecule has 1 fully saturated rings. The van der Waals surface area contributed by atoms with Gasteiger partial charge in [0, 0.05) is 49.5 Å². The molecule has 6 rings (SSSR count). The molecule has 3 aliphatic heterocycles. The summed E-state index contributed by atoms with van der Waals surface area (Å²) in [6.07, 6.45) is 6.80. The van der Waals surface area contributed by atoms with E-state index in [0.717, 1.165) is 84.2 Å². The van der Waals surface area contributed by atoms with Gasteiger partial charge in [-0.15, -0.1) is 0 Å². The van der Waals surface area contributed by atoms with E-state index < -0.39 is 0 Å². The Balaban J connectivity index is 1.28. The van der Waals surface area contributed by atoms with Crippen LogP contribution in [0.3, 0.4) is 0 Å². The van der Waals surface area contributed by atoms with Crippen LogP contribution in [0.25, 0.3) is 11.3 Å². The summed E-state index contributed by atoms with van der Waals surface area (Å²) in [6.45, 7) is 3.28. The smallest absolute Gasteiger partial charge is 0.254 e. The molecule has 0 aliphatic carbocycles. The second-order valence-electron chi connectivity index (χ2n) is 9.26. The normalized spacial score (nSPS) is 18.1. The standard InChI is InChI=1S/C26H29N5O2/c32-19-10-13-30(14-11-19)18-6-4-17(5-7-18)29-22-9-8-20(21-15-28-26(33)25(21)22)23-16-27-24-3-1-2-12-31(23)24/h4-9,16,19,29,32H,1-3,10-15H2,(H,28,33). The predicted molar refractivity (Wildman–Crippen MR) is 129 cm³/mol. The first kappa shape index (κ1) is 20.3. The average molecular weight is 444 g/mol. The largest absolute Gasteiger partial charge is 0.393 e. The van der Waals surface area contributed by atoms with E-state index in [2.05, 4.69) is 55.4 Å². The number of nitrogens with one attached hydrogen (secondary N) is 2. The molecule has 4 heterocycles. The number of anilines is 3. The highest BCUT2D eigenvalue weighted by atomic mass is 16.3. The third-order valence-corrected chi connectivity index (χ3v) is 7.19. The Morgan fingerprint density at radius 3 is 2.67 bits per heavy atom. The Bertz CT molecular complexity index is 1190. The van der Waals surface area contributed by atoms with Gasteiger partial charge in [0.25, 0.3) is 5.91 Å². The van der Waals surface area contributed by atoms with Gasteiger partial charge in [-0.1, -0.05) is 6.07 Å². The van der Waals surface area contributed by atoms with Crippen LogP contribution >= 0.6 is 0 Å². The van der Waals surface area contributed by atoms with Gasteiger partial charge in [0.15, 0.2) is 0 Å². The Labute approximate surface area is 193 Å². The van der Waals surface area contributed by atoms with Crippen LogP contribution in [0.1, 0.15) is 47.4 Å². The SMILES string of the molecule is O=C1NCc2c(-c3cnc4n3CCCC4)ccc(Nc3ccc(N4CCC(O)CC4)cc3)c21. The maximum atomic E-state index is 12.8. The van der Waals surface area contributed by atoms with Gasteiger partial charge in [-0.25, -0.2) is 4.98 Å². The first-order valence-corrected chi connectivity index (χ1v) is 12.0. The first-order valence-electron chi connectivity index (χ1n) is 12.0. The van der Waals surface area contributed by atoms with Crippen LogP contribution in [0.5, 0.6) is 0 Å². The number of benzene rings is 2. The van der Waals surface area contributed by atoms with Gasteiger partial charge >= 0.3 is 0 Å². The van der Waals surface area contributed by atoms with Crippen LogP contribution in [0.4, 0.5) is 17.1 Å². The van der Waals surface area contributed by atoms with Crippen molar-refractivity contribution in [2.75, 3.05) is 23.3 Å². The molecule has 0 bridgehead atoms. The number of imidazole rings is 1. The third kappa shape index (κ3) is 3.66. The molecule has 3 aromatic rings. The quantitative estimate of drug-likeness (QED) is 0.571. The number of carbonyl (C=O) groups is 1. The molecule has 33 heavy (non-hydrogen) atoms. The Morgan fingerprint density at radius 1 is 1.03 bits per heavy atom. The van der Waals surface area contributed by atoms with Crippen molar-refractivity contribution in [2.45, 2.75) is 51.3 Å². The number of hydrogen-bond acceptors (Lipinski definition) is 5. The number of amides is 1. The highest BCUT2D eigenvalue weighted by molar-refractivity contribution is 6.06. The number of carbonyl (C=O) groups excluding carboxylic acids is 1. The summed E-state index contributed by atoms with van der Waals surface area (Å²) in [4.78, 5) is 19.7. The molecule has 0 spiro atoms. The van der Waals surface area contributed by atoms with E-state index in [1.165, 1.54) is 12.8 Å². The molecule has 3 aliphatic rings. The van der Waals surface area contributed by atoms with Gasteiger partial charge in [0.2, 0.25) is 0 Å². The van der Waals surface area contributed by atoms with E-state index in [-0.39, 0.29) is 12.0 Å². The number of piperidine rings is 1. The highest BCUT2D eigenvalue weighted by Gasteiger charge is 2.28. The van der Waals surface area contributed by atoms with Crippen molar-refractivity contribution in [3.05, 3.63) is 59.5 Å². The van der Waals surface area contributed by atoms with E-state index in [0.29, 0.717) is 6.54 Å². The molecule has 2 aromatic carbocycles. The summed E-state index contributed by atoms with van der Waals surface area (Å²) in [7, 11) is 0. The van der Waals surface area contributed by atoms with Gasteiger partial charge < -0.3 is 25.2 Å². The number of aliphatic hydroxyl groups is 1. The van der Waals surface area contributed by atoms with E-state index >= 15 is 0 Å². The predicted octanol–water partition coefficient (Wildman–Crippen LogP) is 3.83. The van der Waals surface area contributed by atoms with Crippen molar-refractivity contribution < 1.29 is 9.90 Å². The first-order chi connectivity index (χ1) is 16.2. The fraction of sp³-hybridized carbons (Fsp3) is 0.385. The Kier molecular flexibility index (Phi) is 5.06. The molecule has 3 N–H and O–H groups in total. The lowest BCUT2D eigenvalue weighted by Gasteiger charge is -2.31. The van der Waals surface area contributed by atoms with Crippen molar-refractivity contribution in [1.82, 2.24) is 14.9 Å². The third-order valence-electron chi connectivity index (χ3n) is 7.19. The van der Waals surface area contributed by atoms with Crippen molar-refractivity contribution in [3.8, 4) is 11.3 Å². The number of aryl methyl sites for hydroxylation is 1. The molecule has 0 radical (unpaired) electrons. The Hall–Kier alpha value is -3.32. The minimum absolute atomic E-state index is 0.0313. The molecule has 7 nitrogen and oxygen atoms in total. The summed E-state index contributed by atoms with van der Waals surface area (Å²) in [5.74, 6) is 1.11. The van der Waals surface area contributed by atoms with Crippen molar-refractivity contribution >= 4 is 23.0 Å². The summed E-state index contributed by atoms with van der Waals surface area (Å²) in [5.41, 5.74) is 6.92. The minimum atomic E-state index is -0.175. The van der Waals surface area contributed by atoms with Gasteiger partial charge in [0.1, 0.15) is 5.82 Å². The number of hydrogen-bond donors (Lipinski definition) is 3. The van der Waals surface area contributed by atoms with Gasteiger partial charge in [-0.2, -0.15) is 0 Å². The molecule has 0 unspecified atom stereocenters. The summed E-state index contributed by atoms with van der Waals surface area (Å²) < 4.78 is 2.31. The van der Waals surface area contributed by atoms with E-state index in [1.54, 1.807) is 0 Å². The van der Waals surface area contributed by atoms with Crippen LogP contribution in [0.2, 0.25) is 0 Å². The molecule has 0 atom stereocenters. The number of aliphatic hydroxyl groups excluding tert-OH is 1. The van der Waals surface area contributed by atoms with E-state index in [4.69, 9.17) is 0 Å². The molecule has 1 aromatic heterocycles. The molecule has 7 heteroatoms. The van der Waals surface area contributed by atoms with Gasteiger partial charge in [-0.3, -0.25) is 4.79 Å². The van der Waals surface area contributed by atoms with Crippen LogP contribution < -0.4 is 15.5 Å². The maximum Gasteiger partial charge on any atom is 0.254 e. The fourth-order valence-electron chi connectivity index (χ4n) is 5.36. The zero-order valence-corrected chi connectivity index (χ0v) is 18.7. The van der Waals surface area contributed by atoms with Crippen LogP contribution in [-0.2, 0) is 19.5 Å². The number of nitrogens with zero attached hydrogens (tertiary/aromatic N) is 3. The van der Waals surface area contributed by atoms with E-state index in [9.17, 15) is 9.90 Å². The molecular formula is C26H29N5O2. The topological polar surface area (TPSA) is 82.4 Å². The van der Waals surface area contributed by atoms with E-state index in [1.807, 2.05) is 12.3 Å². The lowest BCUT2D eigenvalue weighted by molar-refractivity contribution is 0.0966. The Morgan fingerprint density at radius 2 is 1.85 bits per heavy atom. The van der Waals surface area contributed by atoms with Gasteiger partial charge in [0.05, 0.1) is 29.2 Å². The monoisotopic (exact) mass is 443 g/mol. The highest BCUT2D eigenvalue weighted by Crippen LogP contribution is 2.36. The van der Waals surface area contributed by atoms with Crippen LogP contribution in [-0.4, -0.2) is 39.8 Å². The maximum absolute atomic E-state index is 12.8. The summed E-state index contributed by atoms with van der Waals surface area (Å²) in [5, 5.41) is 16.2. The molecular weight excluding hydrogens is 414 g/mol. The number of fused-ring (bicyclic) bond motifs is 2. The van der Waals surface area contributed by atoms with Gasteiger partial charge in [-0.05, 0) is 61.6 Å². The minimum Gasteiger partial charge on any atom is -0.393 e. The summed E-state index contributed by atoms with van der Waals surface area (Å²) >= 11 is 0. The number of aromatic nitrogens is 2. The van der Waals surface area contributed by atoms with Crippen molar-refractivity contribution in [2.24, 2.45) is 0 Å². The zero-order chi connectivity index (χ0) is 22.4. The van der Waals surface area contributed by atoms with Crippen LogP contribution in [0.15, 0.2) is 42.6 Å². The average Bonchev–Trinajstić information content (AvgIpc) is 3.45. The lowest BCUT2D eigenvalue weighted by Crippen LogP contribution is -2.35. The zero-order valence-electron chi connectivity index (χ0n) is 18.7. The number of rotatable bonds is 4. The molecule has 170 valence electrons. The molecule has 1 saturated heterocycles. The van der Waals surface area contributed by atoms with Crippen molar-refractivity contribution in [3.63, 3.8) is 0 Å².